The first-order valence-corrected chi connectivity index (χ1v) is 18.5. The second-order valence-electron chi connectivity index (χ2n) is 10.4. The van der Waals surface area contributed by atoms with Crippen LogP contribution in [0.25, 0.3) is 0 Å². The Bertz CT molecular complexity index is 428. The van der Waals surface area contributed by atoms with Crippen LogP contribution in [0.2, 0.25) is 50.9 Å². The van der Waals surface area contributed by atoms with Gasteiger partial charge in [0.1, 0.15) is 24.4 Å². The van der Waals surface area contributed by atoms with Crippen molar-refractivity contribution < 1.29 is 35.0 Å². The average Bonchev–Trinajstić information content (AvgIpc) is 3.49. The summed E-state index contributed by atoms with van der Waals surface area (Å²) in [6, 6.07) is 4.43. The highest BCUT2D eigenvalue weighted by atomic mass is 28.3. The lowest BCUT2D eigenvalue weighted by atomic mass is 10.0. The van der Waals surface area contributed by atoms with Crippen molar-refractivity contribution in [2.45, 2.75) is 108 Å². The normalized spacial score (nSPS) is 20.7. The molecule has 1 aliphatic heterocycles. The maximum atomic E-state index is 9.25. The first-order chi connectivity index (χ1) is 13.8. The van der Waals surface area contributed by atoms with E-state index in [1.165, 1.54) is 24.6 Å². The van der Waals surface area contributed by atoms with Gasteiger partial charge >= 0.3 is 0 Å². The zero-order valence-corrected chi connectivity index (χ0v) is 22.0. The molecule has 30 heavy (non-hydrogen) atoms. The van der Waals surface area contributed by atoms with E-state index in [4.69, 9.17) is 24.8 Å². The fourth-order valence-corrected chi connectivity index (χ4v) is 9.96. The van der Waals surface area contributed by atoms with Gasteiger partial charge in [0.2, 0.25) is 0 Å². The molecule has 7 nitrogen and oxygen atoms in total. The summed E-state index contributed by atoms with van der Waals surface area (Å²) in [5.41, 5.74) is 0. The molecule has 1 fully saturated rings. The highest BCUT2D eigenvalue weighted by Crippen LogP contribution is 2.24. The lowest BCUT2D eigenvalue weighted by Crippen LogP contribution is -2.45. The van der Waals surface area contributed by atoms with Gasteiger partial charge in [-0.2, -0.15) is 0 Å². The van der Waals surface area contributed by atoms with E-state index in [1.54, 1.807) is 0 Å². The third-order valence-corrected chi connectivity index (χ3v) is 10.9. The molecule has 0 radical (unpaired) electrons. The molecule has 0 aromatic rings. The summed E-state index contributed by atoms with van der Waals surface area (Å²) in [7, 11) is -1.79. The van der Waals surface area contributed by atoms with Crippen molar-refractivity contribution in [2.24, 2.45) is 0 Å². The molecule has 1 saturated heterocycles. The Balaban J connectivity index is 0.000000584. The minimum Gasteiger partial charge on any atom is -0.394 e. The molecule has 182 valence electrons. The smallest absolute Gasteiger partial charge is 0.110 e. The predicted molar refractivity (Wildman–Crippen MR) is 126 cm³/mol. The minimum absolute atomic E-state index is 0.344. The lowest BCUT2D eigenvalue weighted by molar-refractivity contribution is -0.116. The number of aliphatic hydroxyl groups excluding tert-OH is 5. The van der Waals surface area contributed by atoms with E-state index in [0.717, 1.165) is 19.8 Å². The number of aliphatic hydroxyl groups is 5. The van der Waals surface area contributed by atoms with Crippen molar-refractivity contribution in [3.63, 3.8) is 0 Å². The molecule has 5 unspecified atom stereocenters. The molecule has 1 rings (SSSR count). The van der Waals surface area contributed by atoms with Crippen molar-refractivity contribution in [3.8, 4) is 0 Å². The molecule has 0 spiro atoms. The molecule has 0 aromatic carbocycles. The van der Waals surface area contributed by atoms with Crippen LogP contribution >= 0.6 is 0 Å². The molecule has 1 aliphatic rings. The molecule has 0 aliphatic carbocycles. The van der Waals surface area contributed by atoms with E-state index >= 15 is 0 Å². The zero-order chi connectivity index (χ0) is 23.4. The van der Waals surface area contributed by atoms with Crippen LogP contribution in [-0.4, -0.2) is 98.6 Å². The van der Waals surface area contributed by atoms with E-state index in [1.807, 2.05) is 6.92 Å². The van der Waals surface area contributed by atoms with Crippen LogP contribution in [0.4, 0.5) is 0 Å². The van der Waals surface area contributed by atoms with Gasteiger partial charge in [-0.3, -0.25) is 0 Å². The van der Waals surface area contributed by atoms with Gasteiger partial charge in [0.15, 0.2) is 0 Å². The number of hydrogen-bond donors (Lipinski definition) is 5. The third kappa shape index (κ3) is 15.9. The summed E-state index contributed by atoms with van der Waals surface area (Å²) in [5, 5.41) is 45.0. The maximum absolute atomic E-state index is 9.25. The van der Waals surface area contributed by atoms with E-state index in [9.17, 15) is 10.2 Å². The molecule has 0 bridgehead atoms. The average molecular weight is 469 g/mol. The van der Waals surface area contributed by atoms with E-state index in [-0.39, 0.29) is 0 Å². The van der Waals surface area contributed by atoms with Crippen LogP contribution in [0.1, 0.15) is 26.2 Å². The van der Waals surface area contributed by atoms with E-state index in [2.05, 4.69) is 32.7 Å². The van der Waals surface area contributed by atoms with Gasteiger partial charge in [-0.25, -0.2) is 0 Å². The Labute approximate surface area is 185 Å². The predicted octanol–water partition coefficient (Wildman–Crippen LogP) is 2.06. The third-order valence-electron chi connectivity index (χ3n) is 5.31. The minimum atomic E-state index is -1.51. The van der Waals surface area contributed by atoms with Crippen LogP contribution in [0.3, 0.4) is 0 Å². The highest BCUT2D eigenvalue weighted by molar-refractivity contribution is 6.82. The van der Waals surface area contributed by atoms with Crippen LogP contribution in [0.15, 0.2) is 0 Å². The largest absolute Gasteiger partial charge is 0.394 e. The summed E-state index contributed by atoms with van der Waals surface area (Å²) in [4.78, 5) is 0. The van der Waals surface area contributed by atoms with Gasteiger partial charge in [0.25, 0.3) is 0 Å². The second kappa shape index (κ2) is 15.1. The zero-order valence-electron chi connectivity index (χ0n) is 20.0. The summed E-state index contributed by atoms with van der Waals surface area (Å²) in [5.74, 6) is 0. The summed E-state index contributed by atoms with van der Waals surface area (Å²) in [6.45, 7) is 16.4. The quantitative estimate of drug-likeness (QED) is 0.142. The maximum Gasteiger partial charge on any atom is 0.110 e. The fourth-order valence-electron chi connectivity index (χ4n) is 2.90. The molecule has 0 amide bonds. The van der Waals surface area contributed by atoms with Gasteiger partial charge in [-0.15, -0.1) is 0 Å². The van der Waals surface area contributed by atoms with E-state index < -0.39 is 47.2 Å². The summed E-state index contributed by atoms with van der Waals surface area (Å²) >= 11 is 0. The number of ether oxygens (including phenoxy) is 2. The van der Waals surface area contributed by atoms with E-state index in [0.29, 0.717) is 18.9 Å². The van der Waals surface area contributed by atoms with Gasteiger partial charge in [-0.05, 0) is 12.8 Å². The van der Waals surface area contributed by atoms with Crippen LogP contribution in [0.5, 0.6) is 0 Å². The molecule has 0 aromatic heterocycles. The molecule has 5 atom stereocenters. The number of rotatable bonds is 15. The van der Waals surface area contributed by atoms with Crippen molar-refractivity contribution in [1.82, 2.24) is 0 Å². The van der Waals surface area contributed by atoms with Crippen LogP contribution < -0.4 is 0 Å². The van der Waals surface area contributed by atoms with Gasteiger partial charge in [0, 0.05) is 22.8 Å². The molecule has 0 saturated carbocycles. The monoisotopic (exact) mass is 468 g/mol. The van der Waals surface area contributed by atoms with Crippen LogP contribution in [0, 0.1) is 0 Å². The summed E-state index contributed by atoms with van der Waals surface area (Å²) < 4.78 is 10.7. The van der Waals surface area contributed by atoms with Gasteiger partial charge < -0.3 is 35.0 Å². The molecular formula is C21H48O7Si2. The highest BCUT2D eigenvalue weighted by Gasteiger charge is 2.29. The van der Waals surface area contributed by atoms with Crippen molar-refractivity contribution in [3.05, 3.63) is 0 Å². The topological polar surface area (TPSA) is 123 Å². The van der Waals surface area contributed by atoms with Crippen molar-refractivity contribution >= 4 is 16.1 Å². The standard InChI is InChI=1S/C13H30O2Si2.C8H18O5/c1-16(2,3)9-10-17(4,5)8-6-7-14-11-13-12-15-13;1-2-3-5(10)7(12)8(13)6(11)4-9/h13H,6-12H2,1-5H3;5-13H,2-4H2,1H3. The Morgan fingerprint density at radius 2 is 1.50 bits per heavy atom. The van der Waals surface area contributed by atoms with Gasteiger partial charge in [-0.1, -0.05) is 64.2 Å². The van der Waals surface area contributed by atoms with Crippen molar-refractivity contribution in [2.75, 3.05) is 26.4 Å². The summed E-state index contributed by atoms with van der Waals surface area (Å²) in [6.07, 6.45) is -2.72. The molecule has 5 N–H and O–H groups in total. The second-order valence-corrected chi connectivity index (χ2v) is 21.4. The SMILES string of the molecule is CCCC(O)C(O)C(O)C(O)CO.C[Si](C)(C)CC[Si](C)(C)CCCOCC1CO1. The fraction of sp³-hybridized carbons (Fsp3) is 1.00. The lowest BCUT2D eigenvalue weighted by Gasteiger charge is -2.26. The van der Waals surface area contributed by atoms with Crippen molar-refractivity contribution in [1.29, 1.82) is 0 Å². The number of hydrogen-bond acceptors (Lipinski definition) is 7. The Hall–Kier alpha value is 0.154. The molecule has 1 heterocycles. The molecular weight excluding hydrogens is 420 g/mol. The Kier molecular flexibility index (Phi) is 15.2. The first-order valence-electron chi connectivity index (χ1n) is 11.4. The number of epoxide rings is 1. The van der Waals surface area contributed by atoms with Crippen LogP contribution in [-0.2, 0) is 9.47 Å². The molecule has 9 heteroatoms. The Morgan fingerprint density at radius 1 is 0.933 bits per heavy atom. The first kappa shape index (κ1) is 30.2. The Morgan fingerprint density at radius 3 is 1.97 bits per heavy atom. The van der Waals surface area contributed by atoms with Gasteiger partial charge in [0.05, 0.1) is 25.9 Å².